The van der Waals surface area contributed by atoms with Crippen LogP contribution in [0.2, 0.25) is 0 Å². The SMILES string of the molecule is N#Cc1ccc(N2CCN(c3cccc(-c4nc5c(O)cccc5c(=O)[nH]4)c3)CC2)nc1. The molecule has 4 aromatic rings. The second kappa shape index (κ2) is 8.04. The lowest BCUT2D eigenvalue weighted by Crippen LogP contribution is -2.46. The number of H-pyrrole nitrogens is 1. The molecule has 0 aliphatic carbocycles. The third-order valence-corrected chi connectivity index (χ3v) is 5.68. The number of nitriles is 1. The number of hydrogen-bond donors (Lipinski definition) is 2. The Hall–Kier alpha value is -4.38. The number of fused-ring (bicyclic) bond motifs is 1. The average Bonchev–Trinajstić information content (AvgIpc) is 2.85. The van der Waals surface area contributed by atoms with Crippen molar-refractivity contribution in [3.8, 4) is 23.2 Å². The van der Waals surface area contributed by atoms with Gasteiger partial charge in [-0.15, -0.1) is 0 Å². The first-order valence-electron chi connectivity index (χ1n) is 10.3. The number of para-hydroxylation sites is 1. The first-order valence-corrected chi connectivity index (χ1v) is 10.3. The molecule has 1 saturated heterocycles. The van der Waals surface area contributed by atoms with E-state index in [1.54, 1.807) is 24.4 Å². The van der Waals surface area contributed by atoms with Crippen LogP contribution in [-0.4, -0.2) is 46.2 Å². The summed E-state index contributed by atoms with van der Waals surface area (Å²) in [6.07, 6.45) is 1.60. The number of aromatic hydroxyl groups is 1. The van der Waals surface area contributed by atoms with Crippen molar-refractivity contribution in [1.29, 1.82) is 5.26 Å². The predicted octanol–water partition coefficient (Wildman–Crippen LogP) is 2.89. The predicted molar refractivity (Wildman–Crippen MR) is 123 cm³/mol. The number of nitrogens with zero attached hydrogens (tertiary/aromatic N) is 5. The summed E-state index contributed by atoms with van der Waals surface area (Å²) in [5.41, 5.74) is 2.38. The Balaban J connectivity index is 1.37. The fourth-order valence-electron chi connectivity index (χ4n) is 3.97. The smallest absolute Gasteiger partial charge is 0.259 e. The van der Waals surface area contributed by atoms with Crippen molar-refractivity contribution in [2.75, 3.05) is 36.0 Å². The van der Waals surface area contributed by atoms with Crippen LogP contribution in [0.1, 0.15) is 5.56 Å². The molecule has 8 heteroatoms. The van der Waals surface area contributed by atoms with E-state index in [0.717, 1.165) is 43.2 Å². The molecule has 3 heterocycles. The van der Waals surface area contributed by atoms with Gasteiger partial charge in [-0.05, 0) is 36.4 Å². The highest BCUT2D eigenvalue weighted by Gasteiger charge is 2.19. The van der Waals surface area contributed by atoms with Crippen molar-refractivity contribution >= 4 is 22.4 Å². The van der Waals surface area contributed by atoms with E-state index in [1.165, 1.54) is 6.07 Å². The van der Waals surface area contributed by atoms with E-state index in [9.17, 15) is 9.90 Å². The maximum absolute atomic E-state index is 12.5. The molecule has 1 aliphatic rings. The molecule has 0 atom stereocenters. The van der Waals surface area contributed by atoms with Crippen LogP contribution in [0.4, 0.5) is 11.5 Å². The number of benzene rings is 2. The molecule has 0 amide bonds. The monoisotopic (exact) mass is 424 g/mol. The fraction of sp³-hybridized carbons (Fsp3) is 0.167. The van der Waals surface area contributed by atoms with Gasteiger partial charge in [0.1, 0.15) is 29.0 Å². The van der Waals surface area contributed by atoms with Crippen LogP contribution in [-0.2, 0) is 0 Å². The zero-order chi connectivity index (χ0) is 22.1. The number of anilines is 2. The zero-order valence-corrected chi connectivity index (χ0v) is 17.2. The van der Waals surface area contributed by atoms with Crippen molar-refractivity contribution in [1.82, 2.24) is 15.0 Å². The summed E-state index contributed by atoms with van der Waals surface area (Å²) < 4.78 is 0. The van der Waals surface area contributed by atoms with E-state index in [0.29, 0.717) is 22.3 Å². The molecule has 0 unspecified atom stereocenters. The number of nitrogens with one attached hydrogen (secondary N) is 1. The minimum absolute atomic E-state index is 0.0152. The van der Waals surface area contributed by atoms with Gasteiger partial charge in [-0.3, -0.25) is 4.79 Å². The van der Waals surface area contributed by atoms with Gasteiger partial charge in [0.05, 0.1) is 10.9 Å². The Morgan fingerprint density at radius 3 is 2.53 bits per heavy atom. The van der Waals surface area contributed by atoms with Gasteiger partial charge in [0, 0.05) is 43.6 Å². The summed E-state index contributed by atoms with van der Waals surface area (Å²) >= 11 is 0. The maximum Gasteiger partial charge on any atom is 0.259 e. The lowest BCUT2D eigenvalue weighted by molar-refractivity contribution is 0.480. The number of rotatable bonds is 3. The van der Waals surface area contributed by atoms with E-state index < -0.39 is 0 Å². The Labute approximate surface area is 184 Å². The van der Waals surface area contributed by atoms with Gasteiger partial charge in [-0.1, -0.05) is 18.2 Å². The fourth-order valence-corrected chi connectivity index (χ4v) is 3.97. The van der Waals surface area contributed by atoms with Gasteiger partial charge in [0.25, 0.3) is 5.56 Å². The minimum Gasteiger partial charge on any atom is -0.506 e. The normalized spacial score (nSPS) is 13.8. The highest BCUT2D eigenvalue weighted by atomic mass is 16.3. The van der Waals surface area contributed by atoms with Gasteiger partial charge < -0.3 is 19.9 Å². The molecule has 32 heavy (non-hydrogen) atoms. The molecule has 0 bridgehead atoms. The van der Waals surface area contributed by atoms with Crippen LogP contribution >= 0.6 is 0 Å². The van der Waals surface area contributed by atoms with Crippen LogP contribution in [0.15, 0.2) is 65.6 Å². The van der Waals surface area contributed by atoms with Crippen molar-refractivity contribution in [2.45, 2.75) is 0 Å². The number of phenolic OH excluding ortho intramolecular Hbond substituents is 1. The van der Waals surface area contributed by atoms with Crippen LogP contribution in [0, 0.1) is 11.3 Å². The summed E-state index contributed by atoms with van der Waals surface area (Å²) in [5.74, 6) is 1.28. The molecule has 1 fully saturated rings. The number of hydrogen-bond acceptors (Lipinski definition) is 7. The first kappa shape index (κ1) is 19.6. The summed E-state index contributed by atoms with van der Waals surface area (Å²) in [6, 6.07) is 18.4. The molecule has 2 aromatic heterocycles. The third kappa shape index (κ3) is 3.61. The molecule has 0 radical (unpaired) electrons. The van der Waals surface area contributed by atoms with E-state index >= 15 is 0 Å². The molecule has 1 aliphatic heterocycles. The lowest BCUT2D eigenvalue weighted by Gasteiger charge is -2.36. The Morgan fingerprint density at radius 1 is 1.00 bits per heavy atom. The molecule has 2 N–H and O–H groups in total. The summed E-state index contributed by atoms with van der Waals surface area (Å²) in [5, 5.41) is 19.4. The van der Waals surface area contributed by atoms with Crippen LogP contribution in [0.5, 0.6) is 5.75 Å². The Morgan fingerprint density at radius 2 is 1.78 bits per heavy atom. The van der Waals surface area contributed by atoms with Crippen LogP contribution in [0.3, 0.4) is 0 Å². The van der Waals surface area contributed by atoms with Gasteiger partial charge in [0.2, 0.25) is 0 Å². The largest absolute Gasteiger partial charge is 0.506 e. The van der Waals surface area contributed by atoms with Gasteiger partial charge in [-0.25, -0.2) is 9.97 Å². The first-order chi connectivity index (χ1) is 15.6. The number of piperazine rings is 1. The standard InChI is InChI=1S/C24H20N6O2/c25-14-16-7-8-21(26-15-16)30-11-9-29(10-12-30)18-4-1-3-17(13-18)23-27-22-19(24(32)28-23)5-2-6-20(22)31/h1-8,13,15,31H,9-12H2,(H,27,28,32). The minimum atomic E-state index is -0.283. The molecule has 0 spiro atoms. The highest BCUT2D eigenvalue weighted by Crippen LogP contribution is 2.26. The van der Waals surface area contributed by atoms with Gasteiger partial charge in [0.15, 0.2) is 0 Å². The number of aromatic amines is 1. The Kier molecular flexibility index (Phi) is 4.92. The van der Waals surface area contributed by atoms with Crippen LogP contribution in [0.25, 0.3) is 22.3 Å². The Bertz CT molecular complexity index is 1380. The van der Waals surface area contributed by atoms with Crippen molar-refractivity contribution in [3.05, 3.63) is 76.7 Å². The summed E-state index contributed by atoms with van der Waals surface area (Å²) in [6.45, 7) is 3.24. The van der Waals surface area contributed by atoms with Crippen molar-refractivity contribution < 1.29 is 5.11 Å². The lowest BCUT2D eigenvalue weighted by atomic mass is 10.1. The molecule has 8 nitrogen and oxygen atoms in total. The van der Waals surface area contributed by atoms with Crippen LogP contribution < -0.4 is 15.4 Å². The second-order valence-electron chi connectivity index (χ2n) is 7.63. The molecule has 0 saturated carbocycles. The molecular weight excluding hydrogens is 404 g/mol. The second-order valence-corrected chi connectivity index (χ2v) is 7.63. The zero-order valence-electron chi connectivity index (χ0n) is 17.2. The van der Waals surface area contributed by atoms with E-state index in [4.69, 9.17) is 5.26 Å². The summed E-state index contributed by atoms with van der Waals surface area (Å²) in [4.78, 5) is 28.7. The van der Waals surface area contributed by atoms with Crippen molar-refractivity contribution in [2.24, 2.45) is 0 Å². The maximum atomic E-state index is 12.5. The van der Waals surface area contributed by atoms with E-state index in [2.05, 4.69) is 30.8 Å². The van der Waals surface area contributed by atoms with Gasteiger partial charge in [-0.2, -0.15) is 5.26 Å². The van der Waals surface area contributed by atoms with E-state index in [-0.39, 0.29) is 11.3 Å². The average molecular weight is 424 g/mol. The molecule has 158 valence electrons. The molecule has 2 aromatic carbocycles. The van der Waals surface area contributed by atoms with E-state index in [1.807, 2.05) is 30.3 Å². The third-order valence-electron chi connectivity index (χ3n) is 5.68. The topological polar surface area (TPSA) is 109 Å². The molecular formula is C24H20N6O2. The molecule has 5 rings (SSSR count). The van der Waals surface area contributed by atoms with Gasteiger partial charge >= 0.3 is 0 Å². The quantitative estimate of drug-likeness (QED) is 0.520. The number of phenols is 1. The number of pyridine rings is 1. The number of aromatic nitrogens is 3. The highest BCUT2D eigenvalue weighted by molar-refractivity contribution is 5.85. The van der Waals surface area contributed by atoms with Crippen molar-refractivity contribution in [3.63, 3.8) is 0 Å². The summed E-state index contributed by atoms with van der Waals surface area (Å²) in [7, 11) is 0.